The molecule has 1 unspecified atom stereocenters. The number of rotatable bonds is 3. The van der Waals surface area contributed by atoms with Crippen molar-refractivity contribution >= 4 is 11.0 Å². The van der Waals surface area contributed by atoms with E-state index < -0.39 is 5.54 Å². The predicted octanol–water partition coefficient (Wildman–Crippen LogP) is 2.68. The van der Waals surface area contributed by atoms with Crippen LogP contribution in [0, 0.1) is 5.82 Å². The molecule has 0 saturated carbocycles. The van der Waals surface area contributed by atoms with Crippen LogP contribution in [0.15, 0.2) is 18.2 Å². The maximum Gasteiger partial charge on any atom is 0.127 e. The molecule has 0 fully saturated rings. The molecule has 0 spiro atoms. The van der Waals surface area contributed by atoms with E-state index in [1.54, 1.807) is 6.07 Å². The van der Waals surface area contributed by atoms with Gasteiger partial charge in [-0.05, 0) is 31.5 Å². The zero-order valence-corrected chi connectivity index (χ0v) is 9.55. The monoisotopic (exact) mass is 221 g/mol. The minimum absolute atomic E-state index is 0.267. The van der Waals surface area contributed by atoms with Gasteiger partial charge in [-0.1, -0.05) is 13.3 Å². The zero-order valence-electron chi connectivity index (χ0n) is 9.55. The highest BCUT2D eigenvalue weighted by Crippen LogP contribution is 2.23. The lowest BCUT2D eigenvalue weighted by Gasteiger charge is -2.20. The third-order valence-electron chi connectivity index (χ3n) is 2.75. The molecule has 0 bridgehead atoms. The first-order chi connectivity index (χ1) is 7.53. The molecule has 2 aromatic rings. The number of nitrogens with one attached hydrogen (secondary N) is 1. The highest BCUT2D eigenvalue weighted by atomic mass is 19.1. The Hall–Kier alpha value is -1.42. The molecular weight excluding hydrogens is 205 g/mol. The van der Waals surface area contributed by atoms with E-state index in [-0.39, 0.29) is 5.82 Å². The van der Waals surface area contributed by atoms with Crippen LogP contribution in [-0.4, -0.2) is 9.97 Å². The number of aromatic amines is 1. The summed E-state index contributed by atoms with van der Waals surface area (Å²) in [6.07, 6.45) is 1.83. The molecule has 0 saturated heterocycles. The lowest BCUT2D eigenvalue weighted by molar-refractivity contribution is 0.424. The molecule has 0 aliphatic heterocycles. The highest BCUT2D eigenvalue weighted by Gasteiger charge is 2.23. The summed E-state index contributed by atoms with van der Waals surface area (Å²) >= 11 is 0. The van der Waals surface area contributed by atoms with Crippen LogP contribution in [0.25, 0.3) is 11.0 Å². The summed E-state index contributed by atoms with van der Waals surface area (Å²) in [6.45, 7) is 4.01. The van der Waals surface area contributed by atoms with Crippen LogP contribution < -0.4 is 5.73 Å². The van der Waals surface area contributed by atoms with Crippen molar-refractivity contribution in [3.8, 4) is 0 Å². The van der Waals surface area contributed by atoms with E-state index in [1.165, 1.54) is 12.1 Å². The van der Waals surface area contributed by atoms with Gasteiger partial charge in [0.25, 0.3) is 0 Å². The number of halogens is 1. The van der Waals surface area contributed by atoms with Gasteiger partial charge in [-0.3, -0.25) is 0 Å². The number of nitrogens with two attached hydrogens (primary N) is 1. The van der Waals surface area contributed by atoms with Gasteiger partial charge >= 0.3 is 0 Å². The molecule has 86 valence electrons. The number of hydrogen-bond acceptors (Lipinski definition) is 2. The Balaban J connectivity index is 2.46. The Morgan fingerprint density at radius 1 is 1.50 bits per heavy atom. The smallest absolute Gasteiger partial charge is 0.127 e. The summed E-state index contributed by atoms with van der Waals surface area (Å²) < 4.78 is 13.0. The second kappa shape index (κ2) is 3.87. The molecule has 0 amide bonds. The minimum Gasteiger partial charge on any atom is -0.340 e. The zero-order chi connectivity index (χ0) is 11.8. The van der Waals surface area contributed by atoms with Crippen molar-refractivity contribution < 1.29 is 4.39 Å². The van der Waals surface area contributed by atoms with Crippen LogP contribution in [0.4, 0.5) is 4.39 Å². The van der Waals surface area contributed by atoms with Gasteiger partial charge in [0.2, 0.25) is 0 Å². The van der Waals surface area contributed by atoms with E-state index in [4.69, 9.17) is 5.73 Å². The van der Waals surface area contributed by atoms with Crippen molar-refractivity contribution in [3.05, 3.63) is 29.8 Å². The fourth-order valence-electron chi connectivity index (χ4n) is 1.89. The van der Waals surface area contributed by atoms with Gasteiger partial charge in [0.1, 0.15) is 11.6 Å². The maximum absolute atomic E-state index is 13.0. The maximum atomic E-state index is 13.0. The van der Waals surface area contributed by atoms with E-state index in [0.717, 1.165) is 24.2 Å². The Bertz CT molecular complexity index is 502. The lowest BCUT2D eigenvalue weighted by atomic mass is 9.97. The Kier molecular flexibility index (Phi) is 2.68. The van der Waals surface area contributed by atoms with Gasteiger partial charge in [0.15, 0.2) is 0 Å². The van der Waals surface area contributed by atoms with Crippen molar-refractivity contribution in [2.45, 2.75) is 32.2 Å². The van der Waals surface area contributed by atoms with Crippen molar-refractivity contribution in [1.82, 2.24) is 9.97 Å². The topological polar surface area (TPSA) is 54.7 Å². The Morgan fingerprint density at radius 3 is 2.94 bits per heavy atom. The van der Waals surface area contributed by atoms with Crippen LogP contribution in [0.2, 0.25) is 0 Å². The van der Waals surface area contributed by atoms with Crippen LogP contribution in [0.3, 0.4) is 0 Å². The molecule has 2 rings (SSSR count). The fraction of sp³-hybridized carbons (Fsp3) is 0.417. The van der Waals surface area contributed by atoms with Crippen LogP contribution >= 0.6 is 0 Å². The average Bonchev–Trinajstić information content (AvgIpc) is 2.61. The summed E-state index contributed by atoms with van der Waals surface area (Å²) in [5, 5.41) is 0. The molecule has 3 nitrogen and oxygen atoms in total. The second-order valence-electron chi connectivity index (χ2n) is 4.41. The summed E-state index contributed by atoms with van der Waals surface area (Å²) in [5.74, 6) is 0.451. The molecule has 1 atom stereocenters. The Morgan fingerprint density at radius 2 is 2.25 bits per heavy atom. The summed E-state index contributed by atoms with van der Waals surface area (Å²) in [5.41, 5.74) is 7.13. The van der Waals surface area contributed by atoms with Crippen LogP contribution in [0.1, 0.15) is 32.5 Å². The number of nitrogens with zero attached hydrogens (tertiary/aromatic N) is 1. The minimum atomic E-state index is -0.482. The molecule has 3 N–H and O–H groups in total. The number of fused-ring (bicyclic) bond motifs is 1. The van der Waals surface area contributed by atoms with Crippen molar-refractivity contribution in [1.29, 1.82) is 0 Å². The number of hydrogen-bond donors (Lipinski definition) is 2. The molecule has 0 aliphatic carbocycles. The second-order valence-corrected chi connectivity index (χ2v) is 4.41. The van der Waals surface area contributed by atoms with Gasteiger partial charge in [0, 0.05) is 0 Å². The SMILES string of the molecule is CCCC(C)(N)c1nc2ccc(F)cc2[nH]1. The molecule has 0 aliphatic rings. The van der Waals surface area contributed by atoms with E-state index in [9.17, 15) is 4.39 Å². The standard InChI is InChI=1S/C12H16FN3/c1-3-6-12(2,14)11-15-9-5-4-8(13)7-10(9)16-11/h4-5,7H,3,6,14H2,1-2H3,(H,15,16). The third-order valence-corrected chi connectivity index (χ3v) is 2.75. The molecule has 1 aromatic heterocycles. The van der Waals surface area contributed by atoms with E-state index in [2.05, 4.69) is 16.9 Å². The first-order valence-corrected chi connectivity index (χ1v) is 5.47. The normalized spacial score (nSPS) is 15.2. The van der Waals surface area contributed by atoms with Crippen molar-refractivity contribution in [2.24, 2.45) is 5.73 Å². The summed E-state index contributed by atoms with van der Waals surface area (Å²) in [6, 6.07) is 4.50. The van der Waals surface area contributed by atoms with Gasteiger partial charge in [-0.15, -0.1) is 0 Å². The first-order valence-electron chi connectivity index (χ1n) is 5.47. The molecule has 4 heteroatoms. The molecule has 0 radical (unpaired) electrons. The molecular formula is C12H16FN3. The van der Waals surface area contributed by atoms with E-state index in [0.29, 0.717) is 5.52 Å². The predicted molar refractivity (Wildman–Crippen MR) is 62.5 cm³/mol. The fourth-order valence-corrected chi connectivity index (χ4v) is 1.89. The summed E-state index contributed by atoms with van der Waals surface area (Å²) in [4.78, 5) is 7.48. The Labute approximate surface area is 93.9 Å². The third kappa shape index (κ3) is 1.93. The molecule has 16 heavy (non-hydrogen) atoms. The van der Waals surface area contributed by atoms with E-state index in [1.807, 2.05) is 6.92 Å². The van der Waals surface area contributed by atoms with Gasteiger partial charge in [0.05, 0.1) is 16.6 Å². The quantitative estimate of drug-likeness (QED) is 0.837. The number of H-pyrrole nitrogens is 1. The molecule has 1 heterocycles. The number of imidazole rings is 1. The average molecular weight is 221 g/mol. The van der Waals surface area contributed by atoms with Gasteiger partial charge < -0.3 is 10.7 Å². The van der Waals surface area contributed by atoms with Gasteiger partial charge in [-0.25, -0.2) is 9.37 Å². The van der Waals surface area contributed by atoms with E-state index >= 15 is 0 Å². The lowest BCUT2D eigenvalue weighted by Crippen LogP contribution is -2.34. The largest absolute Gasteiger partial charge is 0.340 e. The van der Waals surface area contributed by atoms with Crippen LogP contribution in [0.5, 0.6) is 0 Å². The first kappa shape index (κ1) is 11.1. The van der Waals surface area contributed by atoms with Gasteiger partial charge in [-0.2, -0.15) is 0 Å². The summed E-state index contributed by atoms with van der Waals surface area (Å²) in [7, 11) is 0. The van der Waals surface area contributed by atoms with Crippen molar-refractivity contribution in [3.63, 3.8) is 0 Å². The highest BCUT2D eigenvalue weighted by molar-refractivity contribution is 5.75. The number of aromatic nitrogens is 2. The molecule has 1 aromatic carbocycles. The number of benzene rings is 1. The van der Waals surface area contributed by atoms with Crippen molar-refractivity contribution in [2.75, 3.05) is 0 Å². The van der Waals surface area contributed by atoms with Crippen LogP contribution in [-0.2, 0) is 5.54 Å².